The van der Waals surface area contributed by atoms with Crippen LogP contribution in [0, 0.1) is 3.57 Å². The van der Waals surface area contributed by atoms with Gasteiger partial charge in [0.15, 0.2) is 0 Å². The minimum absolute atomic E-state index is 0.268. The molecule has 1 aromatic rings. The van der Waals surface area contributed by atoms with Gasteiger partial charge in [0.2, 0.25) is 0 Å². The Kier molecular flexibility index (Phi) is 3.57. The molecule has 0 unspecified atom stereocenters. The Labute approximate surface area is 110 Å². The molecule has 0 radical (unpaired) electrons. The largest absolute Gasteiger partial charge is 0.486 e. The first-order valence-corrected chi connectivity index (χ1v) is 6.43. The lowest BCUT2D eigenvalue weighted by Crippen LogP contribution is -2.50. The average molecular weight is 388 g/mol. The zero-order chi connectivity index (χ0) is 10.1. The smallest absolute Gasteiger partial charge is 0.139 e. The molecular formula is C9H8BrClINO. The van der Waals surface area contributed by atoms with Crippen molar-refractivity contribution in [3.05, 3.63) is 25.2 Å². The molecule has 2 rings (SSSR count). The summed E-state index contributed by atoms with van der Waals surface area (Å²) in [6.07, 6.45) is 0.268. The van der Waals surface area contributed by atoms with Crippen LogP contribution < -0.4 is 10.1 Å². The van der Waals surface area contributed by atoms with E-state index in [4.69, 9.17) is 16.3 Å². The Morgan fingerprint density at radius 2 is 2.21 bits per heavy atom. The minimum atomic E-state index is 0.268. The van der Waals surface area contributed by atoms with Crippen LogP contribution in [0.25, 0.3) is 0 Å². The number of rotatable bonds is 2. The van der Waals surface area contributed by atoms with E-state index in [0.29, 0.717) is 5.02 Å². The van der Waals surface area contributed by atoms with Crippen molar-refractivity contribution in [1.29, 1.82) is 0 Å². The summed E-state index contributed by atoms with van der Waals surface area (Å²) in [7, 11) is 0. The molecule has 1 aliphatic rings. The van der Waals surface area contributed by atoms with Gasteiger partial charge in [0.25, 0.3) is 0 Å². The first-order chi connectivity index (χ1) is 6.66. The summed E-state index contributed by atoms with van der Waals surface area (Å²) in [6, 6.07) is 3.82. The van der Waals surface area contributed by atoms with Crippen molar-refractivity contribution in [2.24, 2.45) is 0 Å². The molecule has 0 spiro atoms. The lowest BCUT2D eigenvalue weighted by Gasteiger charge is -2.28. The molecule has 76 valence electrons. The summed E-state index contributed by atoms with van der Waals surface area (Å²) in [4.78, 5) is 0. The van der Waals surface area contributed by atoms with E-state index >= 15 is 0 Å². The van der Waals surface area contributed by atoms with Crippen LogP contribution in [0.2, 0.25) is 5.02 Å². The second-order valence-corrected chi connectivity index (χ2v) is 5.52. The fourth-order valence-electron chi connectivity index (χ4n) is 1.12. The van der Waals surface area contributed by atoms with Gasteiger partial charge in [0.05, 0.1) is 5.02 Å². The highest BCUT2D eigenvalue weighted by Crippen LogP contribution is 2.32. The summed E-state index contributed by atoms with van der Waals surface area (Å²) in [6.45, 7) is 1.81. The first-order valence-electron chi connectivity index (χ1n) is 4.19. The van der Waals surface area contributed by atoms with E-state index in [1.54, 1.807) is 0 Å². The monoisotopic (exact) mass is 387 g/mol. The van der Waals surface area contributed by atoms with Gasteiger partial charge in [-0.25, -0.2) is 0 Å². The standard InChI is InChI=1S/C9H8BrClINO/c10-6-1-7(11)9(2-8(6)12)14-5-3-13-4-5/h1-2,5,13H,3-4H2. The Hall–Kier alpha value is 0.480. The van der Waals surface area contributed by atoms with E-state index in [0.717, 1.165) is 26.9 Å². The third kappa shape index (κ3) is 2.35. The Morgan fingerprint density at radius 1 is 1.50 bits per heavy atom. The van der Waals surface area contributed by atoms with Gasteiger partial charge in [-0.3, -0.25) is 0 Å². The molecular weight excluding hydrogens is 380 g/mol. The predicted octanol–water partition coefficient (Wildman–Crippen LogP) is 3.06. The molecule has 1 fully saturated rings. The topological polar surface area (TPSA) is 21.3 Å². The summed E-state index contributed by atoms with van der Waals surface area (Å²) < 4.78 is 7.80. The number of halogens is 3. The molecule has 2 nitrogen and oxygen atoms in total. The van der Waals surface area contributed by atoms with Crippen LogP contribution in [0.15, 0.2) is 16.6 Å². The summed E-state index contributed by atoms with van der Waals surface area (Å²) in [5.74, 6) is 0.769. The molecule has 14 heavy (non-hydrogen) atoms. The van der Waals surface area contributed by atoms with E-state index in [-0.39, 0.29) is 6.10 Å². The summed E-state index contributed by atoms with van der Waals surface area (Å²) >= 11 is 11.7. The number of benzene rings is 1. The lowest BCUT2D eigenvalue weighted by molar-refractivity contribution is 0.142. The van der Waals surface area contributed by atoms with E-state index in [1.165, 1.54) is 0 Å². The molecule has 0 saturated carbocycles. The highest BCUT2D eigenvalue weighted by molar-refractivity contribution is 14.1. The molecule has 1 N–H and O–H groups in total. The fourth-order valence-corrected chi connectivity index (χ4v) is 2.24. The Bertz CT molecular complexity index is 357. The van der Waals surface area contributed by atoms with Crippen molar-refractivity contribution in [2.45, 2.75) is 6.10 Å². The van der Waals surface area contributed by atoms with Crippen LogP contribution in [0.3, 0.4) is 0 Å². The van der Waals surface area contributed by atoms with Gasteiger partial charge < -0.3 is 10.1 Å². The number of hydrogen-bond acceptors (Lipinski definition) is 2. The van der Waals surface area contributed by atoms with Crippen molar-refractivity contribution in [1.82, 2.24) is 5.32 Å². The number of nitrogens with one attached hydrogen (secondary N) is 1. The maximum Gasteiger partial charge on any atom is 0.139 e. The van der Waals surface area contributed by atoms with Crippen molar-refractivity contribution in [3.8, 4) is 5.75 Å². The highest BCUT2D eigenvalue weighted by atomic mass is 127. The van der Waals surface area contributed by atoms with Crippen LogP contribution in [-0.4, -0.2) is 19.2 Å². The van der Waals surface area contributed by atoms with E-state index < -0.39 is 0 Å². The maximum absolute atomic E-state index is 6.05. The third-order valence-corrected chi connectivity index (χ3v) is 4.60. The molecule has 0 bridgehead atoms. The van der Waals surface area contributed by atoms with Crippen molar-refractivity contribution >= 4 is 50.1 Å². The van der Waals surface area contributed by atoms with Crippen molar-refractivity contribution < 1.29 is 4.74 Å². The zero-order valence-electron chi connectivity index (χ0n) is 7.19. The highest BCUT2D eigenvalue weighted by Gasteiger charge is 2.19. The number of ether oxygens (including phenoxy) is 1. The van der Waals surface area contributed by atoms with Crippen LogP contribution in [0.1, 0.15) is 0 Å². The zero-order valence-corrected chi connectivity index (χ0v) is 11.7. The van der Waals surface area contributed by atoms with Gasteiger partial charge in [0.1, 0.15) is 11.9 Å². The third-order valence-electron chi connectivity index (χ3n) is 2.01. The maximum atomic E-state index is 6.05. The molecule has 1 heterocycles. The van der Waals surface area contributed by atoms with Gasteiger partial charge in [-0.1, -0.05) is 11.6 Å². The van der Waals surface area contributed by atoms with Crippen LogP contribution >= 0.6 is 50.1 Å². The van der Waals surface area contributed by atoms with Gasteiger partial charge in [-0.2, -0.15) is 0 Å². The molecule has 1 aliphatic heterocycles. The normalized spacial score (nSPS) is 16.5. The van der Waals surface area contributed by atoms with Crippen LogP contribution in [0.5, 0.6) is 5.75 Å². The molecule has 5 heteroatoms. The van der Waals surface area contributed by atoms with Crippen molar-refractivity contribution in [3.63, 3.8) is 0 Å². The van der Waals surface area contributed by atoms with Gasteiger partial charge in [-0.15, -0.1) is 0 Å². The first kappa shape index (κ1) is 11.0. The Balaban J connectivity index is 2.19. The van der Waals surface area contributed by atoms with E-state index in [9.17, 15) is 0 Å². The van der Waals surface area contributed by atoms with Crippen LogP contribution in [0.4, 0.5) is 0 Å². The molecule has 0 aliphatic carbocycles. The number of hydrogen-bond donors (Lipinski definition) is 1. The molecule has 0 atom stereocenters. The lowest BCUT2D eigenvalue weighted by atomic mass is 10.2. The van der Waals surface area contributed by atoms with Gasteiger partial charge in [0, 0.05) is 21.1 Å². The quantitative estimate of drug-likeness (QED) is 0.621. The predicted molar refractivity (Wildman–Crippen MR) is 69.2 cm³/mol. The van der Waals surface area contributed by atoms with E-state index in [2.05, 4.69) is 43.8 Å². The average Bonchev–Trinajstić information content (AvgIpc) is 2.06. The SMILES string of the molecule is Clc1cc(Br)c(I)cc1OC1CNC1. The second-order valence-electron chi connectivity index (χ2n) is 3.09. The Morgan fingerprint density at radius 3 is 2.79 bits per heavy atom. The second kappa shape index (κ2) is 4.55. The van der Waals surface area contributed by atoms with Crippen LogP contribution in [-0.2, 0) is 0 Å². The van der Waals surface area contributed by atoms with E-state index in [1.807, 2.05) is 12.1 Å². The summed E-state index contributed by atoms with van der Waals surface area (Å²) in [5, 5.41) is 3.80. The fraction of sp³-hybridized carbons (Fsp3) is 0.333. The van der Waals surface area contributed by atoms with Crippen molar-refractivity contribution in [2.75, 3.05) is 13.1 Å². The molecule has 0 amide bonds. The molecule has 0 aromatic heterocycles. The van der Waals surface area contributed by atoms with Gasteiger partial charge >= 0.3 is 0 Å². The molecule has 1 aromatic carbocycles. The molecule has 1 saturated heterocycles. The minimum Gasteiger partial charge on any atom is -0.486 e. The van der Waals surface area contributed by atoms with Gasteiger partial charge in [-0.05, 0) is 50.7 Å². The summed E-state index contributed by atoms with van der Waals surface area (Å²) in [5.41, 5.74) is 0.